The van der Waals surface area contributed by atoms with Crippen LogP contribution in [0.2, 0.25) is 18.1 Å². The summed E-state index contributed by atoms with van der Waals surface area (Å²) in [5.74, 6) is -0.316. The Morgan fingerprint density at radius 1 is 1.40 bits per heavy atom. The van der Waals surface area contributed by atoms with Crippen molar-refractivity contribution < 1.29 is 18.7 Å². The standard InChI is InChI=1S/C14H25BrO4Si/c1-10(16)18-13-11(7-8-17-12(13)9-15)19-20(5,6)14(2,3)4/h7-8,11-13H,9H2,1-6H3/t11-,12-,13+/m1/s1. The minimum absolute atomic E-state index is 0.101. The van der Waals surface area contributed by atoms with E-state index in [1.54, 1.807) is 6.26 Å². The number of rotatable bonds is 4. The Balaban J connectivity index is 2.92. The molecule has 0 aliphatic carbocycles. The molecule has 0 bridgehead atoms. The molecule has 3 atom stereocenters. The van der Waals surface area contributed by atoms with Gasteiger partial charge in [-0.25, -0.2) is 0 Å². The molecule has 0 spiro atoms. The van der Waals surface area contributed by atoms with E-state index in [1.807, 2.05) is 6.08 Å². The van der Waals surface area contributed by atoms with Crippen LogP contribution in [0.3, 0.4) is 0 Å². The molecular formula is C14H25BrO4Si. The van der Waals surface area contributed by atoms with Gasteiger partial charge in [-0.3, -0.25) is 4.79 Å². The molecule has 0 unspecified atom stereocenters. The first kappa shape index (κ1) is 17.7. The smallest absolute Gasteiger partial charge is 0.303 e. The van der Waals surface area contributed by atoms with E-state index in [0.29, 0.717) is 5.33 Å². The summed E-state index contributed by atoms with van der Waals surface area (Å²) in [6, 6.07) is 0. The first-order valence-electron chi connectivity index (χ1n) is 6.81. The van der Waals surface area contributed by atoms with Crippen molar-refractivity contribution in [3.05, 3.63) is 12.3 Å². The maximum atomic E-state index is 11.3. The zero-order valence-electron chi connectivity index (χ0n) is 13.1. The molecule has 0 N–H and O–H groups in total. The summed E-state index contributed by atoms with van der Waals surface area (Å²) in [5.41, 5.74) is 0. The molecule has 0 saturated carbocycles. The van der Waals surface area contributed by atoms with Crippen molar-refractivity contribution in [2.24, 2.45) is 0 Å². The second-order valence-corrected chi connectivity index (χ2v) is 12.0. The Kier molecular flexibility index (Phi) is 5.86. The first-order valence-corrected chi connectivity index (χ1v) is 10.8. The van der Waals surface area contributed by atoms with Crippen LogP contribution in [0.4, 0.5) is 0 Å². The molecule has 0 aromatic heterocycles. The fraction of sp³-hybridized carbons (Fsp3) is 0.786. The Hall–Kier alpha value is -0.333. The van der Waals surface area contributed by atoms with E-state index < -0.39 is 14.4 Å². The van der Waals surface area contributed by atoms with Gasteiger partial charge in [0.1, 0.15) is 12.2 Å². The molecule has 0 aromatic rings. The zero-order chi connectivity index (χ0) is 15.6. The van der Waals surface area contributed by atoms with E-state index >= 15 is 0 Å². The minimum atomic E-state index is -1.94. The van der Waals surface area contributed by atoms with Crippen molar-refractivity contribution in [1.29, 1.82) is 0 Å². The largest absolute Gasteiger partial charge is 0.493 e. The van der Waals surface area contributed by atoms with Gasteiger partial charge in [0.2, 0.25) is 0 Å². The number of hydrogen-bond acceptors (Lipinski definition) is 4. The van der Waals surface area contributed by atoms with Gasteiger partial charge in [0.05, 0.1) is 6.26 Å². The Morgan fingerprint density at radius 2 is 2.00 bits per heavy atom. The highest BCUT2D eigenvalue weighted by molar-refractivity contribution is 9.09. The molecule has 0 radical (unpaired) electrons. The molecule has 1 aliphatic rings. The highest BCUT2D eigenvalue weighted by atomic mass is 79.9. The van der Waals surface area contributed by atoms with Crippen molar-refractivity contribution in [3.8, 4) is 0 Å². The SMILES string of the molecule is CC(=O)O[C@H]1[C@H](O[Si](C)(C)C(C)(C)C)C=CO[C@@H]1CBr. The van der Waals surface area contributed by atoms with Crippen molar-refractivity contribution in [3.63, 3.8) is 0 Å². The predicted octanol–water partition coefficient (Wildman–Crippen LogP) is 3.62. The fourth-order valence-corrected chi connectivity index (χ4v) is 3.47. The van der Waals surface area contributed by atoms with Crippen LogP contribution in [-0.2, 0) is 18.7 Å². The van der Waals surface area contributed by atoms with Crippen molar-refractivity contribution in [2.45, 2.75) is 64.1 Å². The number of alkyl halides is 1. The minimum Gasteiger partial charge on any atom is -0.493 e. The summed E-state index contributed by atoms with van der Waals surface area (Å²) < 4.78 is 17.3. The fourth-order valence-electron chi connectivity index (χ4n) is 1.70. The third-order valence-electron chi connectivity index (χ3n) is 3.90. The van der Waals surface area contributed by atoms with Crippen LogP contribution in [0.25, 0.3) is 0 Å². The zero-order valence-corrected chi connectivity index (χ0v) is 15.7. The van der Waals surface area contributed by atoms with Gasteiger partial charge in [-0.1, -0.05) is 36.7 Å². The third kappa shape index (κ3) is 4.33. The van der Waals surface area contributed by atoms with E-state index in [-0.39, 0.29) is 23.2 Å². The molecule has 0 fully saturated rings. The second-order valence-electron chi connectivity index (χ2n) is 6.57. The third-order valence-corrected chi connectivity index (χ3v) is 9.01. The number of esters is 1. The van der Waals surface area contributed by atoms with Crippen LogP contribution in [0.15, 0.2) is 12.3 Å². The molecule has 116 valence electrons. The van der Waals surface area contributed by atoms with Crippen molar-refractivity contribution >= 4 is 30.2 Å². The van der Waals surface area contributed by atoms with Gasteiger partial charge < -0.3 is 13.9 Å². The quantitative estimate of drug-likeness (QED) is 0.434. The van der Waals surface area contributed by atoms with E-state index in [4.69, 9.17) is 13.9 Å². The van der Waals surface area contributed by atoms with Gasteiger partial charge in [-0.05, 0) is 24.2 Å². The topological polar surface area (TPSA) is 44.8 Å². The molecular weight excluding hydrogens is 340 g/mol. The second kappa shape index (κ2) is 6.62. The van der Waals surface area contributed by atoms with Crippen LogP contribution < -0.4 is 0 Å². The Morgan fingerprint density at radius 3 is 2.45 bits per heavy atom. The summed E-state index contributed by atoms with van der Waals surface area (Å²) in [4.78, 5) is 11.3. The van der Waals surface area contributed by atoms with Crippen LogP contribution >= 0.6 is 15.9 Å². The lowest BCUT2D eigenvalue weighted by Crippen LogP contribution is -2.52. The molecule has 1 rings (SSSR count). The summed E-state index contributed by atoms with van der Waals surface area (Å²) >= 11 is 3.39. The molecule has 6 heteroatoms. The average Bonchev–Trinajstić information content (AvgIpc) is 2.28. The lowest BCUT2D eigenvalue weighted by molar-refractivity contribution is -0.159. The maximum absolute atomic E-state index is 11.3. The maximum Gasteiger partial charge on any atom is 0.303 e. The van der Waals surface area contributed by atoms with Crippen LogP contribution in [-0.4, -0.2) is 37.9 Å². The molecule has 20 heavy (non-hydrogen) atoms. The molecule has 1 aliphatic heterocycles. The predicted molar refractivity (Wildman–Crippen MR) is 85.4 cm³/mol. The van der Waals surface area contributed by atoms with E-state index in [2.05, 4.69) is 49.8 Å². The van der Waals surface area contributed by atoms with E-state index in [0.717, 1.165) is 0 Å². The molecule has 0 aromatic carbocycles. The van der Waals surface area contributed by atoms with Gasteiger partial charge in [-0.2, -0.15) is 0 Å². The number of carbonyl (C=O) groups excluding carboxylic acids is 1. The van der Waals surface area contributed by atoms with Gasteiger partial charge in [-0.15, -0.1) is 0 Å². The van der Waals surface area contributed by atoms with Crippen molar-refractivity contribution in [1.82, 2.24) is 0 Å². The van der Waals surface area contributed by atoms with Gasteiger partial charge in [0.15, 0.2) is 14.4 Å². The van der Waals surface area contributed by atoms with E-state index in [1.165, 1.54) is 6.92 Å². The highest BCUT2D eigenvalue weighted by Gasteiger charge is 2.43. The normalized spacial score (nSPS) is 27.1. The number of ether oxygens (including phenoxy) is 2. The van der Waals surface area contributed by atoms with Crippen LogP contribution in [0, 0.1) is 0 Å². The van der Waals surface area contributed by atoms with Crippen molar-refractivity contribution in [2.75, 3.05) is 5.33 Å². The van der Waals surface area contributed by atoms with Gasteiger partial charge >= 0.3 is 5.97 Å². The van der Waals surface area contributed by atoms with Crippen LogP contribution in [0.5, 0.6) is 0 Å². The summed E-state index contributed by atoms with van der Waals surface area (Å²) in [5, 5.41) is 0.691. The lowest BCUT2D eigenvalue weighted by atomic mass is 10.1. The number of hydrogen-bond donors (Lipinski definition) is 0. The van der Waals surface area contributed by atoms with Gasteiger partial charge in [0, 0.05) is 12.3 Å². The summed E-state index contributed by atoms with van der Waals surface area (Å²) in [6.07, 6.45) is 2.59. The number of carbonyl (C=O) groups is 1. The first-order chi connectivity index (χ1) is 9.08. The average molecular weight is 365 g/mol. The number of halogens is 1. The summed E-state index contributed by atoms with van der Waals surface area (Å²) in [7, 11) is -1.94. The van der Waals surface area contributed by atoms with Crippen LogP contribution in [0.1, 0.15) is 27.7 Å². The highest BCUT2D eigenvalue weighted by Crippen LogP contribution is 2.38. The summed E-state index contributed by atoms with van der Waals surface area (Å²) in [6.45, 7) is 12.3. The lowest BCUT2D eigenvalue weighted by Gasteiger charge is -2.42. The Bertz CT molecular complexity index is 376. The van der Waals surface area contributed by atoms with Gasteiger partial charge in [0.25, 0.3) is 0 Å². The molecule has 1 heterocycles. The molecule has 4 nitrogen and oxygen atoms in total. The molecule has 0 saturated heterocycles. The Labute approximate surface area is 131 Å². The molecule has 0 amide bonds. The monoisotopic (exact) mass is 364 g/mol. The van der Waals surface area contributed by atoms with E-state index in [9.17, 15) is 4.79 Å².